The molecule has 0 bridgehead atoms. The Morgan fingerprint density at radius 2 is 1.19 bits per heavy atom. The SMILES string of the molecule is C=CC1=C(/C=C\C)C(C)(C)c2ccc(N(c3ccc(-c4ccccc4-c4cccc5ccccc45)cc3)c3ccccc3-c3ccc(C4CCCCC4)cc3)cc21. The van der Waals surface area contributed by atoms with E-state index in [1.54, 1.807) is 0 Å². The van der Waals surface area contributed by atoms with Crippen LogP contribution in [0.3, 0.4) is 0 Å². The van der Waals surface area contributed by atoms with Gasteiger partial charge >= 0.3 is 0 Å². The summed E-state index contributed by atoms with van der Waals surface area (Å²) in [5, 5.41) is 2.52. The van der Waals surface area contributed by atoms with E-state index in [-0.39, 0.29) is 5.41 Å². The van der Waals surface area contributed by atoms with Crippen LogP contribution in [-0.4, -0.2) is 0 Å². The van der Waals surface area contributed by atoms with Crippen molar-refractivity contribution in [2.75, 3.05) is 4.90 Å². The van der Waals surface area contributed by atoms with Crippen molar-refractivity contribution in [3.63, 3.8) is 0 Å². The Morgan fingerprint density at radius 3 is 1.95 bits per heavy atom. The summed E-state index contributed by atoms with van der Waals surface area (Å²) in [4.78, 5) is 2.45. The summed E-state index contributed by atoms with van der Waals surface area (Å²) >= 11 is 0. The molecule has 0 saturated heterocycles. The zero-order chi connectivity index (χ0) is 38.9. The second-order valence-corrected chi connectivity index (χ2v) is 16.3. The highest BCUT2D eigenvalue weighted by Crippen LogP contribution is 2.50. The van der Waals surface area contributed by atoms with Crippen molar-refractivity contribution in [2.45, 2.75) is 64.2 Å². The van der Waals surface area contributed by atoms with Crippen LogP contribution in [0.5, 0.6) is 0 Å². The lowest BCUT2D eigenvalue weighted by Gasteiger charge is -2.29. The molecule has 0 amide bonds. The highest BCUT2D eigenvalue weighted by Gasteiger charge is 2.36. The van der Waals surface area contributed by atoms with Gasteiger partial charge in [0.15, 0.2) is 0 Å². The summed E-state index contributed by atoms with van der Waals surface area (Å²) in [5.74, 6) is 0.680. The third-order valence-corrected chi connectivity index (χ3v) is 12.6. The van der Waals surface area contributed by atoms with Crippen LogP contribution >= 0.6 is 0 Å². The minimum atomic E-state index is -0.119. The van der Waals surface area contributed by atoms with Crippen molar-refractivity contribution in [3.05, 3.63) is 205 Å². The molecule has 0 spiro atoms. The van der Waals surface area contributed by atoms with Crippen LogP contribution in [0.4, 0.5) is 17.1 Å². The molecule has 9 rings (SSSR count). The molecule has 0 aliphatic heterocycles. The number of allylic oxidation sites excluding steroid dienone is 5. The van der Waals surface area contributed by atoms with E-state index in [1.165, 1.54) is 104 Å². The van der Waals surface area contributed by atoms with Gasteiger partial charge in [0.2, 0.25) is 0 Å². The molecule has 7 aromatic carbocycles. The van der Waals surface area contributed by atoms with Crippen LogP contribution in [-0.2, 0) is 5.41 Å². The third kappa shape index (κ3) is 6.66. The van der Waals surface area contributed by atoms with Crippen molar-refractivity contribution in [1.29, 1.82) is 0 Å². The maximum atomic E-state index is 4.30. The summed E-state index contributed by atoms with van der Waals surface area (Å²) in [6.45, 7) is 11.1. The maximum absolute atomic E-state index is 4.30. The molecule has 1 fully saturated rings. The van der Waals surface area contributed by atoms with Crippen molar-refractivity contribution < 1.29 is 0 Å². The Bertz CT molecular complexity index is 2640. The van der Waals surface area contributed by atoms with Crippen LogP contribution in [0.2, 0.25) is 0 Å². The Balaban J connectivity index is 1.18. The molecule has 1 nitrogen and oxygen atoms in total. The maximum Gasteiger partial charge on any atom is 0.0540 e. The average Bonchev–Trinajstić information content (AvgIpc) is 3.48. The van der Waals surface area contributed by atoms with Gasteiger partial charge in [-0.15, -0.1) is 0 Å². The second-order valence-electron chi connectivity index (χ2n) is 16.3. The molecule has 7 aromatic rings. The molecule has 2 aliphatic rings. The van der Waals surface area contributed by atoms with Gasteiger partial charge in [-0.05, 0) is 122 Å². The topological polar surface area (TPSA) is 3.24 Å². The standard InChI is InChI=1S/C56H51N/c1-5-17-53-46(6-2)52-38-45(36-37-54(52)56(53,3)4)57(55-27-15-14-24-49(55)43-30-28-40(29-31-43)39-18-8-7-9-19-39)44-34-32-42(33-35-44)48-23-12-13-25-50(48)51-26-16-21-41-20-10-11-22-47(41)51/h5-6,10-17,20-39H,2,7-9,18-19H2,1,3-4H3/b17-5-. The molecule has 57 heavy (non-hydrogen) atoms. The van der Waals surface area contributed by atoms with Gasteiger partial charge in [0.05, 0.1) is 5.69 Å². The molecule has 0 heterocycles. The van der Waals surface area contributed by atoms with Crippen molar-refractivity contribution >= 4 is 33.4 Å². The lowest BCUT2D eigenvalue weighted by atomic mass is 9.81. The number of nitrogens with zero attached hydrogens (tertiary/aromatic N) is 1. The summed E-state index contributed by atoms with van der Waals surface area (Å²) in [7, 11) is 0. The molecule has 0 atom stereocenters. The summed E-state index contributed by atoms with van der Waals surface area (Å²) in [6, 6.07) is 58.7. The fourth-order valence-electron chi connectivity index (χ4n) is 9.68. The zero-order valence-electron chi connectivity index (χ0n) is 33.5. The summed E-state index contributed by atoms with van der Waals surface area (Å²) in [6.07, 6.45) is 13.1. The van der Waals surface area contributed by atoms with Gasteiger partial charge in [0.1, 0.15) is 0 Å². The monoisotopic (exact) mass is 737 g/mol. The van der Waals surface area contributed by atoms with Gasteiger partial charge in [-0.3, -0.25) is 0 Å². The minimum absolute atomic E-state index is 0.119. The molecule has 0 N–H and O–H groups in total. The van der Waals surface area contributed by atoms with E-state index in [4.69, 9.17) is 0 Å². The molecule has 0 unspecified atom stereocenters. The first kappa shape index (κ1) is 36.5. The van der Waals surface area contributed by atoms with E-state index < -0.39 is 0 Å². The van der Waals surface area contributed by atoms with Gasteiger partial charge in [-0.1, -0.05) is 185 Å². The molecule has 1 saturated carbocycles. The molecular formula is C56H51N. The van der Waals surface area contributed by atoms with Crippen molar-refractivity contribution in [3.8, 4) is 33.4 Å². The van der Waals surface area contributed by atoms with Gasteiger partial charge in [0.25, 0.3) is 0 Å². The molecule has 280 valence electrons. The lowest BCUT2D eigenvalue weighted by Crippen LogP contribution is -2.17. The Morgan fingerprint density at radius 1 is 0.579 bits per heavy atom. The normalized spacial score (nSPS) is 15.3. The second kappa shape index (κ2) is 15.4. The first-order valence-electron chi connectivity index (χ1n) is 20.8. The first-order chi connectivity index (χ1) is 28.0. The van der Waals surface area contributed by atoms with E-state index in [2.05, 4.69) is 202 Å². The smallest absolute Gasteiger partial charge is 0.0540 e. The van der Waals surface area contributed by atoms with Gasteiger partial charge in [-0.25, -0.2) is 0 Å². The number of rotatable bonds is 9. The number of hydrogen-bond acceptors (Lipinski definition) is 1. The van der Waals surface area contributed by atoms with Crippen molar-refractivity contribution in [1.82, 2.24) is 0 Å². The number of hydrogen-bond donors (Lipinski definition) is 0. The van der Waals surface area contributed by atoms with Gasteiger partial charge in [0, 0.05) is 22.4 Å². The number of anilines is 3. The molecule has 1 heteroatoms. The number of fused-ring (bicyclic) bond motifs is 2. The predicted molar refractivity (Wildman–Crippen MR) is 246 cm³/mol. The van der Waals surface area contributed by atoms with E-state index in [9.17, 15) is 0 Å². The van der Waals surface area contributed by atoms with E-state index >= 15 is 0 Å². The largest absolute Gasteiger partial charge is 0.310 e. The van der Waals surface area contributed by atoms with Gasteiger partial charge < -0.3 is 4.90 Å². The van der Waals surface area contributed by atoms with E-state index in [0.717, 1.165) is 17.1 Å². The summed E-state index contributed by atoms with van der Waals surface area (Å²) in [5.41, 5.74) is 17.2. The van der Waals surface area contributed by atoms with Crippen LogP contribution < -0.4 is 4.90 Å². The first-order valence-corrected chi connectivity index (χ1v) is 20.8. The number of para-hydroxylation sites is 1. The Hall–Kier alpha value is -6.18. The predicted octanol–water partition coefficient (Wildman–Crippen LogP) is 16.2. The van der Waals surface area contributed by atoms with Crippen LogP contribution in [0, 0.1) is 0 Å². The lowest BCUT2D eigenvalue weighted by molar-refractivity contribution is 0.443. The van der Waals surface area contributed by atoms with Gasteiger partial charge in [-0.2, -0.15) is 0 Å². The quantitative estimate of drug-likeness (QED) is 0.143. The van der Waals surface area contributed by atoms with Crippen LogP contribution in [0.15, 0.2) is 188 Å². The molecule has 0 aromatic heterocycles. The molecule has 0 radical (unpaired) electrons. The Labute approximate surface area is 339 Å². The highest BCUT2D eigenvalue weighted by molar-refractivity contribution is 6.01. The van der Waals surface area contributed by atoms with Crippen LogP contribution in [0.25, 0.3) is 49.7 Å². The third-order valence-electron chi connectivity index (χ3n) is 12.6. The highest BCUT2D eigenvalue weighted by atomic mass is 15.1. The fraction of sp³-hybridized carbons (Fsp3) is 0.179. The molecule has 2 aliphatic carbocycles. The van der Waals surface area contributed by atoms with E-state index in [0.29, 0.717) is 5.92 Å². The average molecular weight is 738 g/mol. The summed E-state index contributed by atoms with van der Waals surface area (Å²) < 4.78 is 0. The minimum Gasteiger partial charge on any atom is -0.310 e. The van der Waals surface area contributed by atoms with E-state index in [1.807, 2.05) is 6.08 Å². The number of benzene rings is 7. The zero-order valence-corrected chi connectivity index (χ0v) is 33.5. The molecular weight excluding hydrogens is 687 g/mol. The Kier molecular flexibility index (Phi) is 9.85. The van der Waals surface area contributed by atoms with Crippen molar-refractivity contribution in [2.24, 2.45) is 0 Å². The fourth-order valence-corrected chi connectivity index (χ4v) is 9.68. The van der Waals surface area contributed by atoms with Crippen LogP contribution in [0.1, 0.15) is 75.5 Å².